The quantitative estimate of drug-likeness (QED) is 0.388. The predicted octanol–water partition coefficient (Wildman–Crippen LogP) is 4.48. The molecule has 0 bridgehead atoms. The number of aromatic amines is 1. The second-order valence-electron chi connectivity index (χ2n) is 10.1. The molecule has 2 aliphatic heterocycles. The minimum atomic E-state index is 0.561. The summed E-state index contributed by atoms with van der Waals surface area (Å²) in [6.07, 6.45) is 7.68. The number of hydrogen-bond acceptors (Lipinski definition) is 6. The highest BCUT2D eigenvalue weighted by Crippen LogP contribution is 2.38. The molecule has 35 heavy (non-hydrogen) atoms. The molecule has 5 heterocycles. The van der Waals surface area contributed by atoms with Gasteiger partial charge in [0.1, 0.15) is 0 Å². The van der Waals surface area contributed by atoms with Gasteiger partial charge in [0.15, 0.2) is 0 Å². The van der Waals surface area contributed by atoms with Crippen LogP contribution in [0, 0.1) is 12.3 Å². The number of rotatable bonds is 6. The predicted molar refractivity (Wildman–Crippen MR) is 141 cm³/mol. The number of anilines is 1. The van der Waals surface area contributed by atoms with Gasteiger partial charge in [-0.25, -0.2) is 4.98 Å². The van der Waals surface area contributed by atoms with E-state index >= 15 is 0 Å². The fourth-order valence-electron chi connectivity index (χ4n) is 5.71. The molecule has 2 saturated heterocycles. The van der Waals surface area contributed by atoms with Gasteiger partial charge in [-0.05, 0) is 81.6 Å². The number of likely N-dealkylation sites (tertiary alicyclic amines) is 1. The number of fused-ring (bicyclic) bond motifs is 1. The van der Waals surface area contributed by atoms with Gasteiger partial charge in [-0.1, -0.05) is 12.1 Å². The van der Waals surface area contributed by atoms with Gasteiger partial charge in [0, 0.05) is 36.3 Å². The summed E-state index contributed by atoms with van der Waals surface area (Å²) in [7, 11) is 0. The molecule has 7 heteroatoms. The van der Waals surface area contributed by atoms with Crippen LogP contribution in [0.25, 0.3) is 33.5 Å². The van der Waals surface area contributed by atoms with Crippen LogP contribution < -0.4 is 10.6 Å². The summed E-state index contributed by atoms with van der Waals surface area (Å²) in [6, 6.07) is 14.6. The maximum absolute atomic E-state index is 4.69. The Bertz CT molecular complexity index is 1320. The third kappa shape index (κ3) is 4.66. The summed E-state index contributed by atoms with van der Waals surface area (Å²) in [4.78, 5) is 19.9. The van der Waals surface area contributed by atoms with E-state index in [-0.39, 0.29) is 0 Å². The Kier molecular flexibility index (Phi) is 5.96. The number of nitrogens with zero attached hydrogens (tertiary/aromatic N) is 4. The third-order valence-electron chi connectivity index (χ3n) is 7.68. The van der Waals surface area contributed by atoms with Gasteiger partial charge in [0.2, 0.25) is 0 Å². The third-order valence-corrected chi connectivity index (χ3v) is 7.68. The maximum Gasteiger partial charge on any atom is 0.0977 e. The van der Waals surface area contributed by atoms with E-state index in [0.29, 0.717) is 5.41 Å². The van der Waals surface area contributed by atoms with Crippen LogP contribution in [0.3, 0.4) is 0 Å². The Morgan fingerprint density at radius 2 is 1.97 bits per heavy atom. The molecule has 1 spiro atoms. The minimum absolute atomic E-state index is 0.561. The zero-order valence-electron chi connectivity index (χ0n) is 20.3. The molecule has 0 amide bonds. The lowest BCUT2D eigenvalue weighted by Crippen LogP contribution is -2.39. The summed E-state index contributed by atoms with van der Waals surface area (Å²) < 4.78 is 0. The zero-order valence-corrected chi connectivity index (χ0v) is 20.3. The van der Waals surface area contributed by atoms with Gasteiger partial charge < -0.3 is 20.5 Å². The molecule has 4 aromatic rings. The minimum Gasteiger partial charge on any atom is -0.382 e. The summed E-state index contributed by atoms with van der Waals surface area (Å²) in [5.41, 5.74) is 7.40. The molecule has 3 aromatic heterocycles. The molecule has 0 saturated carbocycles. The second-order valence-corrected chi connectivity index (χ2v) is 10.1. The number of piperidine rings is 1. The van der Waals surface area contributed by atoms with Crippen molar-refractivity contribution in [3.05, 3.63) is 60.7 Å². The molecular formula is C28H33N7. The lowest BCUT2D eigenvalue weighted by Gasteiger charge is -2.33. The monoisotopic (exact) mass is 467 g/mol. The van der Waals surface area contributed by atoms with E-state index < -0.39 is 0 Å². The molecule has 0 aliphatic carbocycles. The van der Waals surface area contributed by atoms with E-state index in [2.05, 4.69) is 54.8 Å². The highest BCUT2D eigenvalue weighted by molar-refractivity contribution is 5.88. The Labute approximate surface area is 206 Å². The Balaban J connectivity index is 1.15. The van der Waals surface area contributed by atoms with Crippen molar-refractivity contribution in [2.45, 2.75) is 26.2 Å². The summed E-state index contributed by atoms with van der Waals surface area (Å²) in [6.45, 7) is 8.85. The SMILES string of the molecule is Cc1cccc(-c2[nH]cnc2-c2ccc3ncc(NCCN4CCC5(CCNCC5)C4)cc3c2)n1. The highest BCUT2D eigenvalue weighted by Gasteiger charge is 2.38. The van der Waals surface area contributed by atoms with Crippen molar-refractivity contribution in [1.29, 1.82) is 0 Å². The number of hydrogen-bond donors (Lipinski definition) is 3. The number of imidazole rings is 1. The average molecular weight is 468 g/mol. The van der Waals surface area contributed by atoms with Crippen molar-refractivity contribution < 1.29 is 0 Å². The Morgan fingerprint density at radius 3 is 2.86 bits per heavy atom. The van der Waals surface area contributed by atoms with E-state index in [9.17, 15) is 0 Å². The lowest BCUT2D eigenvalue weighted by atomic mass is 9.78. The van der Waals surface area contributed by atoms with Crippen LogP contribution in [0.4, 0.5) is 5.69 Å². The molecule has 2 fully saturated rings. The van der Waals surface area contributed by atoms with Gasteiger partial charge >= 0.3 is 0 Å². The molecular weight excluding hydrogens is 434 g/mol. The number of aryl methyl sites for hydroxylation is 1. The van der Waals surface area contributed by atoms with Crippen molar-refractivity contribution in [3.8, 4) is 22.6 Å². The average Bonchev–Trinajstić information content (AvgIpc) is 3.52. The molecule has 0 atom stereocenters. The van der Waals surface area contributed by atoms with E-state index in [1.54, 1.807) is 6.33 Å². The zero-order chi connectivity index (χ0) is 23.7. The Hall–Kier alpha value is -3.29. The molecule has 3 N–H and O–H groups in total. The van der Waals surface area contributed by atoms with Gasteiger partial charge in [-0.15, -0.1) is 0 Å². The summed E-state index contributed by atoms with van der Waals surface area (Å²) in [5.74, 6) is 0. The summed E-state index contributed by atoms with van der Waals surface area (Å²) >= 11 is 0. The van der Waals surface area contributed by atoms with E-state index in [4.69, 9.17) is 4.98 Å². The molecule has 7 nitrogen and oxygen atoms in total. The normalized spacial score (nSPS) is 17.9. The number of aromatic nitrogens is 4. The largest absolute Gasteiger partial charge is 0.382 e. The van der Waals surface area contributed by atoms with Crippen LogP contribution in [0.15, 0.2) is 55.0 Å². The van der Waals surface area contributed by atoms with Crippen molar-refractivity contribution in [2.75, 3.05) is 44.6 Å². The van der Waals surface area contributed by atoms with Gasteiger partial charge in [0.25, 0.3) is 0 Å². The van der Waals surface area contributed by atoms with Crippen LogP contribution in [0.2, 0.25) is 0 Å². The smallest absolute Gasteiger partial charge is 0.0977 e. The fourth-order valence-corrected chi connectivity index (χ4v) is 5.71. The first kappa shape index (κ1) is 22.2. The molecule has 0 radical (unpaired) electrons. The second kappa shape index (κ2) is 9.40. The van der Waals surface area contributed by atoms with Crippen molar-refractivity contribution >= 4 is 16.6 Å². The Morgan fingerprint density at radius 1 is 1.06 bits per heavy atom. The van der Waals surface area contributed by atoms with Crippen LogP contribution in [0.5, 0.6) is 0 Å². The first-order chi connectivity index (χ1) is 17.2. The van der Waals surface area contributed by atoms with Crippen LogP contribution in [-0.2, 0) is 0 Å². The molecule has 2 aliphatic rings. The molecule has 0 unspecified atom stereocenters. The van der Waals surface area contributed by atoms with Crippen LogP contribution in [0.1, 0.15) is 25.0 Å². The molecule has 1 aromatic carbocycles. The van der Waals surface area contributed by atoms with Gasteiger partial charge in [-0.2, -0.15) is 0 Å². The van der Waals surface area contributed by atoms with Crippen LogP contribution >= 0.6 is 0 Å². The van der Waals surface area contributed by atoms with Gasteiger partial charge in [-0.3, -0.25) is 9.97 Å². The van der Waals surface area contributed by atoms with E-state index in [1.807, 2.05) is 31.3 Å². The lowest BCUT2D eigenvalue weighted by molar-refractivity contribution is 0.199. The highest BCUT2D eigenvalue weighted by atomic mass is 15.2. The standard InChI is InChI=1S/C28H33N7/c1-20-3-2-4-25(34-20)27-26(32-19-33-27)21-5-6-24-22(15-21)16-23(17-31-24)30-12-14-35-13-9-28(18-35)7-10-29-11-8-28/h2-6,15-17,19,29-30H,7-14,18H2,1H3,(H,32,33). The molecule has 180 valence electrons. The molecule has 6 rings (SSSR count). The number of nitrogens with one attached hydrogen (secondary N) is 3. The topological polar surface area (TPSA) is 81.8 Å². The van der Waals surface area contributed by atoms with Crippen molar-refractivity contribution in [2.24, 2.45) is 5.41 Å². The van der Waals surface area contributed by atoms with E-state index in [1.165, 1.54) is 45.4 Å². The number of H-pyrrole nitrogens is 1. The summed E-state index contributed by atoms with van der Waals surface area (Å²) in [5, 5.41) is 8.22. The van der Waals surface area contributed by atoms with Crippen LogP contribution in [-0.4, -0.2) is 64.1 Å². The number of benzene rings is 1. The van der Waals surface area contributed by atoms with Crippen molar-refractivity contribution in [1.82, 2.24) is 30.2 Å². The van der Waals surface area contributed by atoms with E-state index in [0.717, 1.165) is 58.0 Å². The van der Waals surface area contributed by atoms with Crippen molar-refractivity contribution in [3.63, 3.8) is 0 Å². The number of pyridine rings is 2. The maximum atomic E-state index is 4.69. The van der Waals surface area contributed by atoms with Gasteiger partial charge in [0.05, 0.1) is 40.8 Å². The first-order valence-corrected chi connectivity index (χ1v) is 12.7. The fraction of sp³-hybridized carbons (Fsp3) is 0.393. The first-order valence-electron chi connectivity index (χ1n) is 12.7.